The Kier molecular flexibility index (Phi) is 7.72. The van der Waals surface area contributed by atoms with Crippen molar-refractivity contribution in [2.45, 2.75) is 30.0 Å². The topological polar surface area (TPSA) is 138 Å². The van der Waals surface area contributed by atoms with Gasteiger partial charge in [0.25, 0.3) is 5.91 Å². The van der Waals surface area contributed by atoms with Crippen molar-refractivity contribution >= 4 is 52.2 Å². The van der Waals surface area contributed by atoms with Crippen molar-refractivity contribution in [2.24, 2.45) is 5.92 Å². The Morgan fingerprint density at radius 2 is 1.72 bits per heavy atom. The number of phenolic OH excluding ortho intramolecular Hbond substituents is 1. The lowest BCUT2D eigenvalue weighted by Crippen LogP contribution is -2.32. The van der Waals surface area contributed by atoms with E-state index in [2.05, 4.69) is 10.3 Å². The third-order valence-corrected chi connectivity index (χ3v) is 9.65. The molecule has 3 atom stereocenters. The number of H-pyrrole nitrogens is 1. The molecule has 3 N–H and O–H groups in total. The number of rotatable bonds is 8. The Labute approximate surface area is 254 Å². The standard InChI is InChI=1S/C31H27N3O7S2/c1-3-40-22-14-17(6-13-21(22)41-15-23(36)32-18-7-11-20(35)12-8-18)24-25-27(42-28-26(24)43-31(39)33-28)30(38)34(29(25)37)19-9-4-16(2)5-10-19/h4-14,24-25,27,35H,3,15H2,1-2H3,(H,32,36)(H,33,39)/t24-,25-,27+/m0/s1. The van der Waals surface area contributed by atoms with E-state index in [4.69, 9.17) is 9.47 Å². The molecule has 4 aromatic rings. The predicted octanol–water partition coefficient (Wildman–Crippen LogP) is 4.66. The quantitative estimate of drug-likeness (QED) is 0.192. The Balaban J connectivity index is 1.31. The predicted molar refractivity (Wildman–Crippen MR) is 163 cm³/mol. The van der Waals surface area contributed by atoms with Gasteiger partial charge < -0.3 is 24.9 Å². The number of hydrogen-bond donors (Lipinski definition) is 3. The van der Waals surface area contributed by atoms with E-state index in [0.29, 0.717) is 44.9 Å². The van der Waals surface area contributed by atoms with Crippen LogP contribution >= 0.6 is 23.1 Å². The highest BCUT2D eigenvalue weighted by Crippen LogP contribution is 2.53. The van der Waals surface area contributed by atoms with Crippen LogP contribution in [0.1, 0.15) is 28.8 Å². The number of benzene rings is 3. The van der Waals surface area contributed by atoms with Crippen molar-refractivity contribution in [3.05, 3.63) is 92.4 Å². The maximum Gasteiger partial charge on any atom is 0.305 e. The average molecular weight is 618 g/mol. The van der Waals surface area contributed by atoms with Gasteiger partial charge in [0.2, 0.25) is 11.8 Å². The van der Waals surface area contributed by atoms with Crippen LogP contribution in [0.15, 0.2) is 76.6 Å². The molecular formula is C31H27N3O7S2. The molecule has 43 heavy (non-hydrogen) atoms. The van der Waals surface area contributed by atoms with Crippen molar-refractivity contribution in [3.8, 4) is 17.2 Å². The van der Waals surface area contributed by atoms with Crippen LogP contribution in [0.4, 0.5) is 11.4 Å². The fourth-order valence-electron chi connectivity index (χ4n) is 5.32. The summed E-state index contributed by atoms with van der Waals surface area (Å²) in [5.41, 5.74) is 2.71. The lowest BCUT2D eigenvalue weighted by Gasteiger charge is -2.30. The molecule has 2 aliphatic rings. The molecule has 10 nitrogen and oxygen atoms in total. The van der Waals surface area contributed by atoms with Crippen molar-refractivity contribution in [1.29, 1.82) is 0 Å². The molecule has 220 valence electrons. The van der Waals surface area contributed by atoms with Crippen molar-refractivity contribution in [1.82, 2.24) is 4.98 Å². The summed E-state index contributed by atoms with van der Waals surface area (Å²) in [5.74, 6) is -1.60. The van der Waals surface area contributed by atoms with Gasteiger partial charge in [0.15, 0.2) is 18.1 Å². The number of hydrogen-bond acceptors (Lipinski definition) is 9. The molecule has 1 aromatic heterocycles. The SMILES string of the molecule is CCOc1cc([C@@H]2c3sc(=O)[nH]c3S[C@H]3C(=O)N(c4ccc(C)cc4)C(=O)[C@@H]23)ccc1OCC(=O)Nc1ccc(O)cc1. The number of carbonyl (C=O) groups excluding carboxylic acids is 3. The third-order valence-electron chi connectivity index (χ3n) is 7.25. The fraction of sp³-hybridized carbons (Fsp3) is 0.226. The number of anilines is 2. The van der Waals surface area contributed by atoms with Gasteiger partial charge in [0, 0.05) is 16.5 Å². The summed E-state index contributed by atoms with van der Waals surface area (Å²) in [4.78, 5) is 57.1. The molecule has 0 radical (unpaired) electrons. The molecule has 0 saturated carbocycles. The first-order chi connectivity index (χ1) is 20.7. The van der Waals surface area contributed by atoms with Crippen LogP contribution in [0, 0.1) is 12.8 Å². The molecule has 3 amide bonds. The first-order valence-corrected chi connectivity index (χ1v) is 15.3. The Hall–Kier alpha value is -4.55. The van der Waals surface area contributed by atoms with Crippen LogP contribution in [0.3, 0.4) is 0 Å². The van der Waals surface area contributed by atoms with Gasteiger partial charge in [0.1, 0.15) is 11.0 Å². The number of phenols is 1. The molecule has 12 heteroatoms. The first kappa shape index (κ1) is 28.6. The summed E-state index contributed by atoms with van der Waals surface area (Å²) >= 11 is 2.25. The van der Waals surface area contributed by atoms with Crippen LogP contribution in [0.2, 0.25) is 0 Å². The van der Waals surface area contributed by atoms with Gasteiger partial charge in [-0.25, -0.2) is 4.90 Å². The lowest BCUT2D eigenvalue weighted by molar-refractivity contribution is -0.122. The number of aryl methyl sites for hydroxylation is 1. The summed E-state index contributed by atoms with van der Waals surface area (Å²) in [6, 6.07) is 18.5. The molecular weight excluding hydrogens is 590 g/mol. The normalized spacial score (nSPS) is 19.1. The van der Waals surface area contributed by atoms with E-state index < -0.39 is 23.0 Å². The summed E-state index contributed by atoms with van der Waals surface area (Å²) in [6.07, 6.45) is 0. The number of fused-ring (bicyclic) bond motifs is 2. The summed E-state index contributed by atoms with van der Waals surface area (Å²) in [6.45, 7) is 3.76. The fourth-order valence-corrected chi connectivity index (χ4v) is 7.83. The van der Waals surface area contributed by atoms with Gasteiger partial charge in [-0.2, -0.15) is 0 Å². The van der Waals surface area contributed by atoms with Gasteiger partial charge in [-0.05, 0) is 67.9 Å². The number of carbonyl (C=O) groups is 3. The maximum atomic E-state index is 14.0. The zero-order valence-corrected chi connectivity index (χ0v) is 24.8. The number of amides is 3. The molecule has 0 unspecified atom stereocenters. The van der Waals surface area contributed by atoms with Gasteiger partial charge in [-0.15, -0.1) is 0 Å². The highest BCUT2D eigenvalue weighted by Gasteiger charge is 2.56. The second kappa shape index (κ2) is 11.6. The monoisotopic (exact) mass is 617 g/mol. The molecule has 0 spiro atoms. The second-order valence-electron chi connectivity index (χ2n) is 10.1. The highest BCUT2D eigenvalue weighted by atomic mass is 32.2. The second-order valence-corrected chi connectivity index (χ2v) is 12.3. The Morgan fingerprint density at radius 1 is 0.977 bits per heavy atom. The van der Waals surface area contributed by atoms with Crippen LogP contribution in [-0.2, 0) is 14.4 Å². The zero-order chi connectivity index (χ0) is 30.2. The van der Waals surface area contributed by atoms with Crippen LogP contribution in [-0.4, -0.2) is 46.3 Å². The van der Waals surface area contributed by atoms with E-state index in [0.717, 1.165) is 16.9 Å². The number of imide groups is 1. The summed E-state index contributed by atoms with van der Waals surface area (Å²) < 4.78 is 11.7. The number of aromatic amines is 1. The number of thioether (sulfide) groups is 1. The zero-order valence-electron chi connectivity index (χ0n) is 23.2. The number of thiazole rings is 1. The molecule has 6 rings (SSSR count). The third kappa shape index (κ3) is 5.51. The molecule has 3 heterocycles. The summed E-state index contributed by atoms with van der Waals surface area (Å²) in [7, 11) is 0. The molecule has 1 saturated heterocycles. The van der Waals surface area contributed by atoms with Gasteiger partial charge in [-0.1, -0.05) is 46.9 Å². The van der Waals surface area contributed by atoms with Crippen LogP contribution in [0.25, 0.3) is 0 Å². The molecule has 1 fully saturated rings. The average Bonchev–Trinajstić information content (AvgIpc) is 3.48. The van der Waals surface area contributed by atoms with Crippen LogP contribution in [0.5, 0.6) is 17.2 Å². The molecule has 0 aliphatic carbocycles. The van der Waals surface area contributed by atoms with E-state index in [1.807, 2.05) is 26.0 Å². The van der Waals surface area contributed by atoms with Crippen molar-refractivity contribution < 1.29 is 29.0 Å². The number of nitrogens with one attached hydrogen (secondary N) is 2. The maximum absolute atomic E-state index is 14.0. The van der Waals surface area contributed by atoms with Crippen LogP contribution < -0.4 is 24.6 Å². The largest absolute Gasteiger partial charge is 0.508 e. The summed E-state index contributed by atoms with van der Waals surface area (Å²) in [5, 5.41) is 12.0. The van der Waals surface area contributed by atoms with E-state index >= 15 is 0 Å². The highest BCUT2D eigenvalue weighted by molar-refractivity contribution is 8.00. The van der Waals surface area contributed by atoms with E-state index in [1.54, 1.807) is 42.5 Å². The Morgan fingerprint density at radius 3 is 2.44 bits per heavy atom. The van der Waals surface area contributed by atoms with E-state index in [1.165, 1.54) is 28.8 Å². The first-order valence-electron chi connectivity index (χ1n) is 13.6. The van der Waals surface area contributed by atoms with Gasteiger partial charge >= 0.3 is 4.87 Å². The number of aromatic nitrogens is 1. The van der Waals surface area contributed by atoms with Gasteiger partial charge in [0.05, 0.1) is 23.2 Å². The van der Waals surface area contributed by atoms with E-state index in [-0.39, 0.29) is 29.0 Å². The molecule has 0 bridgehead atoms. The van der Waals surface area contributed by atoms with Gasteiger partial charge in [-0.3, -0.25) is 19.2 Å². The Bertz CT molecular complexity index is 1770. The lowest BCUT2D eigenvalue weighted by atomic mass is 9.83. The minimum absolute atomic E-state index is 0.0872. The molecule has 3 aromatic carbocycles. The molecule has 2 aliphatic heterocycles. The minimum atomic E-state index is -0.741. The smallest absolute Gasteiger partial charge is 0.305 e. The van der Waals surface area contributed by atoms with Crippen molar-refractivity contribution in [2.75, 3.05) is 23.4 Å². The minimum Gasteiger partial charge on any atom is -0.508 e. The van der Waals surface area contributed by atoms with Crippen molar-refractivity contribution in [3.63, 3.8) is 0 Å². The number of ether oxygens (including phenoxy) is 2. The van der Waals surface area contributed by atoms with E-state index in [9.17, 15) is 24.3 Å². The number of aromatic hydroxyl groups is 1. The number of nitrogens with zero attached hydrogens (tertiary/aromatic N) is 1.